The SMILES string of the molecule is CC(=O)c1ccc(NC(=O)[C@@H](C)OC(=O)COc2cccc3c2OC(C)(C)C3)cc1. The predicted molar refractivity (Wildman–Crippen MR) is 111 cm³/mol. The molecule has 0 aromatic heterocycles. The lowest BCUT2D eigenvalue weighted by Crippen LogP contribution is -2.31. The Kier molecular flexibility index (Phi) is 6.10. The Bertz CT molecular complexity index is 964. The molecular weight excluding hydrogens is 386 g/mol. The van der Waals surface area contributed by atoms with E-state index in [2.05, 4.69) is 5.32 Å². The molecule has 30 heavy (non-hydrogen) atoms. The minimum absolute atomic E-state index is 0.0619. The minimum atomic E-state index is -1.01. The zero-order valence-corrected chi connectivity index (χ0v) is 17.5. The number of rotatable bonds is 7. The van der Waals surface area contributed by atoms with E-state index in [-0.39, 0.29) is 18.0 Å². The van der Waals surface area contributed by atoms with Gasteiger partial charge in [0.15, 0.2) is 30.0 Å². The smallest absolute Gasteiger partial charge is 0.344 e. The Hall–Kier alpha value is -3.35. The molecule has 2 aromatic carbocycles. The first-order valence-electron chi connectivity index (χ1n) is 9.70. The highest BCUT2D eigenvalue weighted by atomic mass is 16.6. The number of ether oxygens (including phenoxy) is 3. The molecular formula is C23H25NO6. The van der Waals surface area contributed by atoms with Crippen molar-refractivity contribution in [3.05, 3.63) is 53.6 Å². The second-order valence-corrected chi connectivity index (χ2v) is 7.83. The summed E-state index contributed by atoms with van der Waals surface area (Å²) in [4.78, 5) is 35.7. The van der Waals surface area contributed by atoms with Crippen LogP contribution < -0.4 is 14.8 Å². The highest BCUT2D eigenvalue weighted by Crippen LogP contribution is 2.41. The number of hydrogen-bond donors (Lipinski definition) is 1. The van der Waals surface area contributed by atoms with E-state index in [1.807, 2.05) is 26.0 Å². The Morgan fingerprint density at radius 3 is 2.50 bits per heavy atom. The van der Waals surface area contributed by atoms with Gasteiger partial charge in [-0.1, -0.05) is 12.1 Å². The summed E-state index contributed by atoms with van der Waals surface area (Å²) in [5, 5.41) is 2.64. The third-order valence-electron chi connectivity index (χ3n) is 4.64. The van der Waals surface area contributed by atoms with E-state index in [0.717, 1.165) is 12.0 Å². The van der Waals surface area contributed by atoms with Crippen LogP contribution in [0.2, 0.25) is 0 Å². The van der Waals surface area contributed by atoms with Crippen LogP contribution in [0.15, 0.2) is 42.5 Å². The first-order valence-corrected chi connectivity index (χ1v) is 9.70. The lowest BCUT2D eigenvalue weighted by molar-refractivity contribution is -0.155. The number of fused-ring (bicyclic) bond motifs is 1. The van der Waals surface area contributed by atoms with E-state index in [0.29, 0.717) is 22.7 Å². The van der Waals surface area contributed by atoms with E-state index >= 15 is 0 Å². The number of anilines is 1. The van der Waals surface area contributed by atoms with Crippen molar-refractivity contribution in [1.29, 1.82) is 0 Å². The minimum Gasteiger partial charge on any atom is -0.483 e. The van der Waals surface area contributed by atoms with Crippen molar-refractivity contribution in [2.24, 2.45) is 0 Å². The van der Waals surface area contributed by atoms with Crippen LogP contribution in [0.25, 0.3) is 0 Å². The summed E-state index contributed by atoms with van der Waals surface area (Å²) >= 11 is 0. The quantitative estimate of drug-likeness (QED) is 0.553. The van der Waals surface area contributed by atoms with Crippen molar-refractivity contribution in [2.75, 3.05) is 11.9 Å². The van der Waals surface area contributed by atoms with E-state index in [4.69, 9.17) is 14.2 Å². The van der Waals surface area contributed by atoms with Gasteiger partial charge >= 0.3 is 5.97 Å². The summed E-state index contributed by atoms with van der Waals surface area (Å²) in [7, 11) is 0. The highest BCUT2D eigenvalue weighted by Gasteiger charge is 2.32. The van der Waals surface area contributed by atoms with Crippen LogP contribution >= 0.6 is 0 Å². The second kappa shape index (κ2) is 8.57. The number of amides is 1. The van der Waals surface area contributed by atoms with E-state index < -0.39 is 18.0 Å². The molecule has 1 heterocycles. The van der Waals surface area contributed by atoms with Gasteiger partial charge in [-0.3, -0.25) is 9.59 Å². The van der Waals surface area contributed by atoms with E-state index in [9.17, 15) is 14.4 Å². The van der Waals surface area contributed by atoms with Gasteiger partial charge in [0.2, 0.25) is 0 Å². The van der Waals surface area contributed by atoms with Crippen LogP contribution in [0.1, 0.15) is 43.6 Å². The summed E-state index contributed by atoms with van der Waals surface area (Å²) in [5.74, 6) is -0.106. The van der Waals surface area contributed by atoms with Gasteiger partial charge in [-0.05, 0) is 58.0 Å². The van der Waals surface area contributed by atoms with Crippen molar-refractivity contribution < 1.29 is 28.6 Å². The first kappa shape index (κ1) is 21.4. The molecule has 1 N–H and O–H groups in total. The molecule has 0 saturated heterocycles. The summed E-state index contributed by atoms with van der Waals surface area (Å²) < 4.78 is 16.6. The van der Waals surface area contributed by atoms with Crippen LogP contribution in [0.5, 0.6) is 11.5 Å². The molecule has 0 saturated carbocycles. The maximum atomic E-state index is 12.2. The second-order valence-electron chi connectivity index (χ2n) is 7.83. The zero-order chi connectivity index (χ0) is 21.9. The predicted octanol–water partition coefficient (Wildman–Crippen LogP) is 3.55. The molecule has 1 atom stereocenters. The van der Waals surface area contributed by atoms with Crippen molar-refractivity contribution in [3.8, 4) is 11.5 Å². The number of nitrogens with one attached hydrogen (secondary N) is 1. The number of hydrogen-bond acceptors (Lipinski definition) is 6. The van der Waals surface area contributed by atoms with E-state index in [1.54, 1.807) is 30.3 Å². The van der Waals surface area contributed by atoms with Crippen molar-refractivity contribution in [1.82, 2.24) is 0 Å². The highest BCUT2D eigenvalue weighted by molar-refractivity contribution is 5.97. The van der Waals surface area contributed by atoms with Gasteiger partial charge in [-0.2, -0.15) is 0 Å². The number of esters is 1. The average Bonchev–Trinajstić information content (AvgIpc) is 3.01. The van der Waals surface area contributed by atoms with Gasteiger partial charge in [-0.15, -0.1) is 0 Å². The topological polar surface area (TPSA) is 90.9 Å². The number of carbonyl (C=O) groups excluding carboxylic acids is 3. The number of Topliss-reactive ketones (excluding diaryl/α,β-unsaturated/α-hetero) is 1. The fourth-order valence-electron chi connectivity index (χ4n) is 3.15. The van der Waals surface area contributed by atoms with Gasteiger partial charge in [0.05, 0.1) is 0 Å². The number of para-hydroxylation sites is 1. The summed E-state index contributed by atoms with van der Waals surface area (Å²) in [6.07, 6.45) is -0.251. The van der Waals surface area contributed by atoms with Gasteiger partial charge < -0.3 is 19.5 Å². The number of ketones is 1. The Morgan fingerprint density at radius 1 is 1.13 bits per heavy atom. The molecule has 1 amide bonds. The summed E-state index contributed by atoms with van der Waals surface area (Å²) in [6.45, 7) is 6.57. The van der Waals surface area contributed by atoms with Gasteiger partial charge in [0, 0.05) is 23.2 Å². The molecule has 1 aliphatic heterocycles. The van der Waals surface area contributed by atoms with Crippen LogP contribution in [-0.2, 0) is 20.7 Å². The molecule has 7 heteroatoms. The Balaban J connectivity index is 1.51. The van der Waals surface area contributed by atoms with Crippen LogP contribution in [-0.4, -0.2) is 36.0 Å². The normalized spacial score (nSPS) is 14.8. The zero-order valence-electron chi connectivity index (χ0n) is 17.5. The molecule has 0 bridgehead atoms. The Morgan fingerprint density at radius 2 is 1.83 bits per heavy atom. The van der Waals surface area contributed by atoms with Crippen LogP contribution in [0, 0.1) is 0 Å². The van der Waals surface area contributed by atoms with Crippen molar-refractivity contribution in [3.63, 3.8) is 0 Å². The summed E-state index contributed by atoms with van der Waals surface area (Å²) in [6, 6.07) is 12.0. The molecule has 0 aliphatic carbocycles. The van der Waals surface area contributed by atoms with Crippen LogP contribution in [0.4, 0.5) is 5.69 Å². The lowest BCUT2D eigenvalue weighted by atomic mass is 10.0. The van der Waals surface area contributed by atoms with Gasteiger partial charge in [-0.25, -0.2) is 4.79 Å². The number of carbonyl (C=O) groups is 3. The molecule has 1 aliphatic rings. The first-order chi connectivity index (χ1) is 14.1. The fourth-order valence-corrected chi connectivity index (χ4v) is 3.15. The maximum Gasteiger partial charge on any atom is 0.344 e. The van der Waals surface area contributed by atoms with Crippen LogP contribution in [0.3, 0.4) is 0 Å². The third kappa shape index (κ3) is 5.17. The third-order valence-corrected chi connectivity index (χ3v) is 4.64. The van der Waals surface area contributed by atoms with Crippen molar-refractivity contribution >= 4 is 23.3 Å². The standard InChI is InChI=1S/C23H25NO6/c1-14(25)16-8-10-18(11-9-16)24-22(27)15(2)29-20(26)13-28-19-7-5-6-17-12-23(3,4)30-21(17)19/h5-11,15H,12-13H2,1-4H3,(H,24,27)/t15-/m1/s1. The molecule has 2 aromatic rings. The Labute approximate surface area is 175 Å². The number of benzene rings is 2. The van der Waals surface area contributed by atoms with E-state index in [1.165, 1.54) is 13.8 Å². The fraction of sp³-hybridized carbons (Fsp3) is 0.348. The molecule has 0 radical (unpaired) electrons. The largest absolute Gasteiger partial charge is 0.483 e. The lowest BCUT2D eigenvalue weighted by Gasteiger charge is -2.18. The van der Waals surface area contributed by atoms with Gasteiger partial charge in [0.25, 0.3) is 5.91 Å². The molecule has 158 valence electrons. The van der Waals surface area contributed by atoms with Crippen molar-refractivity contribution in [2.45, 2.75) is 45.8 Å². The maximum absolute atomic E-state index is 12.2. The summed E-state index contributed by atoms with van der Waals surface area (Å²) in [5.41, 5.74) is 1.75. The molecule has 0 unspecified atom stereocenters. The molecule has 7 nitrogen and oxygen atoms in total. The molecule has 0 spiro atoms. The molecule has 3 rings (SSSR count). The average molecular weight is 411 g/mol. The molecule has 0 fully saturated rings. The monoisotopic (exact) mass is 411 g/mol. The van der Waals surface area contributed by atoms with Gasteiger partial charge in [0.1, 0.15) is 5.60 Å².